The minimum atomic E-state index is -4.52. The van der Waals surface area contributed by atoms with Gasteiger partial charge >= 0.3 is 6.18 Å². The Labute approximate surface area is 150 Å². The molecule has 140 valence electrons. The number of amides is 2. The van der Waals surface area contributed by atoms with Crippen molar-refractivity contribution in [3.63, 3.8) is 0 Å². The highest BCUT2D eigenvalue weighted by molar-refractivity contribution is 6.22. The molecule has 0 bridgehead atoms. The van der Waals surface area contributed by atoms with E-state index in [1.165, 1.54) is 30.5 Å². The number of nitrogens with one attached hydrogen (secondary N) is 1. The van der Waals surface area contributed by atoms with Gasteiger partial charge in [0.15, 0.2) is 0 Å². The molecular formula is C19H21F3N2O2. The van der Waals surface area contributed by atoms with Crippen LogP contribution in [0.3, 0.4) is 0 Å². The van der Waals surface area contributed by atoms with Gasteiger partial charge in [-0.2, -0.15) is 13.2 Å². The van der Waals surface area contributed by atoms with Gasteiger partial charge in [-0.15, -0.1) is 0 Å². The van der Waals surface area contributed by atoms with Gasteiger partial charge in [-0.1, -0.05) is 17.7 Å². The standard InChI is InChI=1S/C19H21F3N2O2/c20-19(21,22)14-7-4-8-15(11-14)24-17(25)12-16(18(24)26)23-10-9-13-5-2-1-3-6-13/h4-5,7-8,11,16,23H,1-3,6,9-10,12H2/t16-/m0/s1. The number of nitrogens with zero attached hydrogens (tertiary/aromatic N) is 1. The van der Waals surface area contributed by atoms with Crippen LogP contribution < -0.4 is 10.2 Å². The lowest BCUT2D eigenvalue weighted by atomic mass is 9.97. The molecule has 1 aromatic carbocycles. The molecule has 0 radical (unpaired) electrons. The summed E-state index contributed by atoms with van der Waals surface area (Å²) >= 11 is 0. The third-order valence-corrected chi connectivity index (χ3v) is 4.80. The van der Waals surface area contributed by atoms with Gasteiger partial charge in [-0.05, 0) is 56.8 Å². The Hall–Kier alpha value is -2.15. The summed E-state index contributed by atoms with van der Waals surface area (Å²) in [4.78, 5) is 25.6. The van der Waals surface area contributed by atoms with Gasteiger partial charge < -0.3 is 5.32 Å². The molecule has 1 aliphatic carbocycles. The van der Waals surface area contributed by atoms with E-state index in [2.05, 4.69) is 11.4 Å². The Kier molecular flexibility index (Phi) is 5.46. The van der Waals surface area contributed by atoms with Crippen LogP contribution in [-0.4, -0.2) is 24.4 Å². The molecule has 0 unspecified atom stereocenters. The first-order valence-corrected chi connectivity index (χ1v) is 8.81. The fourth-order valence-corrected chi connectivity index (χ4v) is 3.42. The first-order valence-electron chi connectivity index (χ1n) is 8.81. The van der Waals surface area contributed by atoms with E-state index in [1.54, 1.807) is 0 Å². The van der Waals surface area contributed by atoms with E-state index in [0.29, 0.717) is 6.54 Å². The highest BCUT2D eigenvalue weighted by Gasteiger charge is 2.40. The Balaban J connectivity index is 1.64. The van der Waals surface area contributed by atoms with Crippen molar-refractivity contribution in [2.75, 3.05) is 11.4 Å². The molecule has 4 nitrogen and oxygen atoms in total. The molecule has 2 amide bonds. The Morgan fingerprint density at radius 1 is 1.19 bits per heavy atom. The van der Waals surface area contributed by atoms with Crippen molar-refractivity contribution in [2.24, 2.45) is 0 Å². The lowest BCUT2D eigenvalue weighted by Crippen LogP contribution is -2.39. The summed E-state index contributed by atoms with van der Waals surface area (Å²) in [6.07, 6.45) is 3.02. The zero-order valence-corrected chi connectivity index (χ0v) is 14.3. The van der Waals surface area contributed by atoms with Crippen molar-refractivity contribution >= 4 is 17.5 Å². The maximum atomic E-state index is 12.9. The number of imide groups is 1. The Morgan fingerprint density at radius 3 is 2.69 bits per heavy atom. The highest BCUT2D eigenvalue weighted by atomic mass is 19.4. The van der Waals surface area contributed by atoms with Gasteiger partial charge in [0.2, 0.25) is 5.91 Å². The van der Waals surface area contributed by atoms with E-state index in [0.717, 1.165) is 36.3 Å². The molecule has 0 spiro atoms. The van der Waals surface area contributed by atoms with E-state index >= 15 is 0 Å². The van der Waals surface area contributed by atoms with Gasteiger partial charge in [0.25, 0.3) is 5.91 Å². The molecule has 7 heteroatoms. The summed E-state index contributed by atoms with van der Waals surface area (Å²) < 4.78 is 38.6. The number of hydrogen-bond acceptors (Lipinski definition) is 3. The zero-order valence-electron chi connectivity index (χ0n) is 14.3. The predicted octanol–water partition coefficient (Wildman–Crippen LogP) is 3.82. The highest BCUT2D eigenvalue weighted by Crippen LogP contribution is 2.33. The maximum Gasteiger partial charge on any atom is 0.416 e. The van der Waals surface area contributed by atoms with Crippen LogP contribution in [0.25, 0.3) is 0 Å². The zero-order chi connectivity index (χ0) is 18.7. The summed E-state index contributed by atoms with van der Waals surface area (Å²) in [5.41, 5.74) is 0.445. The average Bonchev–Trinajstić information content (AvgIpc) is 2.89. The van der Waals surface area contributed by atoms with Crippen LogP contribution >= 0.6 is 0 Å². The van der Waals surface area contributed by atoms with E-state index in [9.17, 15) is 22.8 Å². The minimum absolute atomic E-state index is 0.0332. The topological polar surface area (TPSA) is 49.4 Å². The molecule has 3 rings (SSSR count). The molecule has 2 aliphatic rings. The summed E-state index contributed by atoms with van der Waals surface area (Å²) in [6.45, 7) is 0.575. The summed E-state index contributed by atoms with van der Waals surface area (Å²) in [5.74, 6) is -0.976. The maximum absolute atomic E-state index is 12.9. The number of rotatable bonds is 5. The second kappa shape index (κ2) is 7.61. The van der Waals surface area contributed by atoms with Crippen molar-refractivity contribution in [2.45, 2.75) is 50.7 Å². The number of anilines is 1. The molecule has 1 heterocycles. The van der Waals surface area contributed by atoms with Gasteiger partial charge in [-0.3, -0.25) is 9.59 Å². The molecule has 1 fully saturated rings. The largest absolute Gasteiger partial charge is 0.416 e. The first kappa shape index (κ1) is 18.6. The van der Waals surface area contributed by atoms with E-state index in [4.69, 9.17) is 0 Å². The number of benzene rings is 1. The molecular weight excluding hydrogens is 345 g/mol. The number of carbonyl (C=O) groups is 2. The molecule has 1 aromatic rings. The fourth-order valence-electron chi connectivity index (χ4n) is 3.42. The van der Waals surface area contributed by atoms with Gasteiger partial charge in [0.1, 0.15) is 0 Å². The number of carbonyl (C=O) groups excluding carboxylic acids is 2. The van der Waals surface area contributed by atoms with Crippen molar-refractivity contribution < 1.29 is 22.8 Å². The third kappa shape index (κ3) is 4.15. The molecule has 1 aliphatic heterocycles. The molecule has 0 saturated carbocycles. The molecule has 26 heavy (non-hydrogen) atoms. The van der Waals surface area contributed by atoms with Crippen molar-refractivity contribution in [1.29, 1.82) is 0 Å². The first-order chi connectivity index (χ1) is 12.4. The number of hydrogen-bond donors (Lipinski definition) is 1. The van der Waals surface area contributed by atoms with Crippen molar-refractivity contribution in [1.82, 2.24) is 5.32 Å². The van der Waals surface area contributed by atoms with Crippen LogP contribution in [0.2, 0.25) is 0 Å². The monoisotopic (exact) mass is 366 g/mol. The van der Waals surface area contributed by atoms with Crippen molar-refractivity contribution in [3.05, 3.63) is 41.5 Å². The molecule has 1 saturated heterocycles. The van der Waals surface area contributed by atoms with Crippen LogP contribution in [0.5, 0.6) is 0 Å². The lowest BCUT2D eigenvalue weighted by molar-refractivity contribution is -0.137. The number of halogens is 3. The van der Waals surface area contributed by atoms with Crippen LogP contribution in [-0.2, 0) is 15.8 Å². The summed E-state index contributed by atoms with van der Waals surface area (Å²) in [6, 6.07) is 3.63. The molecule has 1 atom stereocenters. The van der Waals surface area contributed by atoms with Gasteiger partial charge in [-0.25, -0.2) is 4.90 Å². The van der Waals surface area contributed by atoms with Crippen LogP contribution in [0.15, 0.2) is 35.9 Å². The number of alkyl halides is 3. The fraction of sp³-hybridized carbons (Fsp3) is 0.474. The Bertz CT molecular complexity index is 728. The van der Waals surface area contributed by atoms with Gasteiger partial charge in [0, 0.05) is 0 Å². The minimum Gasteiger partial charge on any atom is -0.305 e. The molecule has 1 N–H and O–H groups in total. The van der Waals surface area contributed by atoms with Crippen molar-refractivity contribution in [3.8, 4) is 0 Å². The summed E-state index contributed by atoms with van der Waals surface area (Å²) in [5, 5.41) is 3.08. The number of allylic oxidation sites excluding steroid dienone is 1. The summed E-state index contributed by atoms with van der Waals surface area (Å²) in [7, 11) is 0. The third-order valence-electron chi connectivity index (χ3n) is 4.80. The quantitative estimate of drug-likeness (QED) is 0.637. The lowest BCUT2D eigenvalue weighted by Gasteiger charge is -2.18. The Morgan fingerprint density at radius 2 is 2.00 bits per heavy atom. The van der Waals surface area contributed by atoms with Gasteiger partial charge in [0.05, 0.1) is 23.7 Å². The second-order valence-electron chi connectivity index (χ2n) is 6.68. The predicted molar refractivity (Wildman–Crippen MR) is 91.5 cm³/mol. The molecule has 0 aromatic heterocycles. The van der Waals surface area contributed by atoms with E-state index in [-0.39, 0.29) is 12.1 Å². The van der Waals surface area contributed by atoms with E-state index < -0.39 is 29.6 Å². The second-order valence-corrected chi connectivity index (χ2v) is 6.68. The normalized spacial score (nSPS) is 21.3. The van der Waals surface area contributed by atoms with E-state index in [1.807, 2.05) is 0 Å². The van der Waals surface area contributed by atoms with Crippen LogP contribution in [0, 0.1) is 0 Å². The average molecular weight is 366 g/mol. The van der Waals surface area contributed by atoms with Crippen LogP contribution in [0.1, 0.15) is 44.1 Å². The van der Waals surface area contributed by atoms with Crippen LogP contribution in [0.4, 0.5) is 18.9 Å². The smallest absolute Gasteiger partial charge is 0.305 e. The SMILES string of the molecule is O=C1C[C@H](NCCC2=CCCCC2)C(=O)N1c1cccc(C(F)(F)F)c1.